The average molecular weight is 266 g/mol. The first-order valence-corrected chi connectivity index (χ1v) is 5.87. The molecule has 0 saturated heterocycles. The fourth-order valence-corrected chi connectivity index (χ4v) is 1.79. The summed E-state index contributed by atoms with van der Waals surface area (Å²) < 4.78 is 1.75. The third-order valence-electron chi connectivity index (χ3n) is 2.38. The minimum Gasteiger partial charge on any atom is -0.313 e. The van der Waals surface area contributed by atoms with E-state index in [4.69, 9.17) is 11.6 Å². The molecule has 0 saturated carbocycles. The summed E-state index contributed by atoms with van der Waals surface area (Å²) >= 11 is 6.20. The van der Waals surface area contributed by atoms with Crippen LogP contribution in [0.4, 0.5) is 0 Å². The molecule has 1 N–H and O–H groups in total. The van der Waals surface area contributed by atoms with E-state index in [1.165, 1.54) is 0 Å². The molecule has 0 spiro atoms. The van der Waals surface area contributed by atoms with Crippen LogP contribution in [0.2, 0.25) is 5.15 Å². The van der Waals surface area contributed by atoms with Gasteiger partial charge in [0.25, 0.3) is 0 Å². The number of nitrogens with zero attached hydrogens (tertiary/aromatic N) is 2. The van der Waals surface area contributed by atoms with Gasteiger partial charge in [-0.15, -0.1) is 12.4 Å². The van der Waals surface area contributed by atoms with Gasteiger partial charge in [0.2, 0.25) is 0 Å². The Kier molecular flexibility index (Phi) is 7.04. The fraction of sp³-hybridized carbons (Fsp3) is 0.727. The van der Waals surface area contributed by atoms with Gasteiger partial charge >= 0.3 is 0 Å². The molecule has 0 amide bonds. The number of nitrogens with one attached hydrogen (secondary N) is 1. The molecule has 0 atom stereocenters. The maximum absolute atomic E-state index is 6.20. The van der Waals surface area contributed by atoms with Crippen molar-refractivity contribution in [2.75, 3.05) is 6.54 Å². The normalized spacial score (nSPS) is 10.6. The molecule has 0 aromatic carbocycles. The van der Waals surface area contributed by atoms with Crippen molar-refractivity contribution in [3.05, 3.63) is 16.4 Å². The third-order valence-corrected chi connectivity index (χ3v) is 2.85. The van der Waals surface area contributed by atoms with Crippen LogP contribution in [-0.2, 0) is 13.6 Å². The van der Waals surface area contributed by atoms with E-state index in [1.54, 1.807) is 4.68 Å². The topological polar surface area (TPSA) is 29.9 Å². The maximum Gasteiger partial charge on any atom is 0.131 e. The van der Waals surface area contributed by atoms with Crippen LogP contribution < -0.4 is 5.32 Å². The van der Waals surface area contributed by atoms with Gasteiger partial charge in [0, 0.05) is 19.2 Å². The molecular weight excluding hydrogens is 245 g/mol. The van der Waals surface area contributed by atoms with Crippen molar-refractivity contribution in [1.29, 1.82) is 0 Å². The van der Waals surface area contributed by atoms with E-state index in [0.717, 1.165) is 35.9 Å². The van der Waals surface area contributed by atoms with Crippen molar-refractivity contribution in [3.8, 4) is 0 Å². The molecule has 94 valence electrons. The molecule has 1 aromatic heterocycles. The van der Waals surface area contributed by atoms with Gasteiger partial charge < -0.3 is 5.32 Å². The van der Waals surface area contributed by atoms with E-state index < -0.39 is 0 Å². The molecule has 1 heterocycles. The first-order valence-electron chi connectivity index (χ1n) is 5.49. The summed E-state index contributed by atoms with van der Waals surface area (Å²) in [5.41, 5.74) is 2.24. The molecule has 5 heteroatoms. The summed E-state index contributed by atoms with van der Waals surface area (Å²) in [6.45, 7) is 8.27. The molecule has 1 aromatic rings. The Hall–Kier alpha value is -0.250. The Balaban J connectivity index is 0.00000225. The van der Waals surface area contributed by atoms with Crippen LogP contribution >= 0.6 is 24.0 Å². The number of halogens is 2. The monoisotopic (exact) mass is 265 g/mol. The van der Waals surface area contributed by atoms with Crippen molar-refractivity contribution in [1.82, 2.24) is 15.1 Å². The van der Waals surface area contributed by atoms with Crippen molar-refractivity contribution in [3.63, 3.8) is 0 Å². The standard InChI is InChI=1S/C11H20ClN3.ClH/c1-5-6-13-7-9-10(8(2)3)14-15(4)11(9)12;/h8,13H,5-7H2,1-4H3;1H. The SMILES string of the molecule is CCCNCc1c(C(C)C)nn(C)c1Cl.Cl. The third kappa shape index (κ3) is 3.65. The summed E-state index contributed by atoms with van der Waals surface area (Å²) in [7, 11) is 1.89. The van der Waals surface area contributed by atoms with Gasteiger partial charge in [-0.05, 0) is 18.9 Å². The second-order valence-electron chi connectivity index (χ2n) is 4.11. The van der Waals surface area contributed by atoms with Crippen LogP contribution in [0, 0.1) is 0 Å². The van der Waals surface area contributed by atoms with Crippen LogP contribution in [0.25, 0.3) is 0 Å². The van der Waals surface area contributed by atoms with Crippen molar-refractivity contribution >= 4 is 24.0 Å². The Labute approximate surface area is 109 Å². The molecule has 0 bridgehead atoms. The minimum atomic E-state index is 0. The zero-order valence-electron chi connectivity index (χ0n) is 10.4. The smallest absolute Gasteiger partial charge is 0.131 e. The molecule has 0 aliphatic heterocycles. The van der Waals surface area contributed by atoms with Gasteiger partial charge in [0.1, 0.15) is 5.15 Å². The Morgan fingerprint density at radius 2 is 2.06 bits per heavy atom. The lowest BCUT2D eigenvalue weighted by atomic mass is 10.1. The number of aromatic nitrogens is 2. The highest BCUT2D eigenvalue weighted by molar-refractivity contribution is 6.30. The molecule has 1 rings (SSSR count). The van der Waals surface area contributed by atoms with Gasteiger partial charge in [-0.25, -0.2) is 0 Å². The number of aryl methyl sites for hydroxylation is 1. The highest BCUT2D eigenvalue weighted by Gasteiger charge is 2.16. The highest BCUT2D eigenvalue weighted by atomic mass is 35.5. The molecule has 0 fully saturated rings. The quantitative estimate of drug-likeness (QED) is 0.830. The number of hydrogen-bond donors (Lipinski definition) is 1. The molecule has 0 unspecified atom stereocenters. The lowest BCUT2D eigenvalue weighted by Crippen LogP contribution is -2.15. The van der Waals surface area contributed by atoms with Crippen LogP contribution in [-0.4, -0.2) is 16.3 Å². The summed E-state index contributed by atoms with van der Waals surface area (Å²) in [4.78, 5) is 0. The van der Waals surface area contributed by atoms with Crippen molar-refractivity contribution in [2.45, 2.75) is 39.7 Å². The van der Waals surface area contributed by atoms with E-state index in [0.29, 0.717) is 5.92 Å². The average Bonchev–Trinajstić information content (AvgIpc) is 2.46. The summed E-state index contributed by atoms with van der Waals surface area (Å²) in [6, 6.07) is 0. The van der Waals surface area contributed by atoms with E-state index in [-0.39, 0.29) is 12.4 Å². The largest absolute Gasteiger partial charge is 0.313 e. The lowest BCUT2D eigenvalue weighted by Gasteiger charge is -2.06. The van der Waals surface area contributed by atoms with E-state index in [9.17, 15) is 0 Å². The van der Waals surface area contributed by atoms with Crippen molar-refractivity contribution < 1.29 is 0 Å². The Morgan fingerprint density at radius 3 is 2.56 bits per heavy atom. The first-order chi connectivity index (χ1) is 7.07. The lowest BCUT2D eigenvalue weighted by molar-refractivity contribution is 0.664. The van der Waals surface area contributed by atoms with Crippen molar-refractivity contribution in [2.24, 2.45) is 7.05 Å². The predicted molar refractivity (Wildman–Crippen MR) is 71.6 cm³/mol. The van der Waals surface area contributed by atoms with Crippen LogP contribution in [0.1, 0.15) is 44.4 Å². The number of hydrogen-bond acceptors (Lipinski definition) is 2. The minimum absolute atomic E-state index is 0. The maximum atomic E-state index is 6.20. The Morgan fingerprint density at radius 1 is 1.44 bits per heavy atom. The molecule has 16 heavy (non-hydrogen) atoms. The summed E-state index contributed by atoms with van der Waals surface area (Å²) in [5, 5.41) is 8.55. The van der Waals surface area contributed by atoms with E-state index >= 15 is 0 Å². The highest BCUT2D eigenvalue weighted by Crippen LogP contribution is 2.24. The zero-order chi connectivity index (χ0) is 11.4. The van der Waals surface area contributed by atoms with Gasteiger partial charge in [-0.2, -0.15) is 5.10 Å². The van der Waals surface area contributed by atoms with Crippen LogP contribution in [0.3, 0.4) is 0 Å². The van der Waals surface area contributed by atoms with Gasteiger partial charge in [0.15, 0.2) is 0 Å². The molecule has 0 aliphatic carbocycles. The fourth-order valence-electron chi connectivity index (χ4n) is 1.58. The van der Waals surface area contributed by atoms with Crippen LogP contribution in [0.5, 0.6) is 0 Å². The molecular formula is C11H21Cl2N3. The molecule has 0 radical (unpaired) electrons. The summed E-state index contributed by atoms with van der Waals surface area (Å²) in [6.07, 6.45) is 1.13. The Bertz CT molecular complexity index is 321. The van der Waals surface area contributed by atoms with Gasteiger partial charge in [-0.3, -0.25) is 4.68 Å². The zero-order valence-corrected chi connectivity index (χ0v) is 12.0. The van der Waals surface area contributed by atoms with Crippen LogP contribution in [0.15, 0.2) is 0 Å². The summed E-state index contributed by atoms with van der Waals surface area (Å²) in [5.74, 6) is 0.419. The van der Waals surface area contributed by atoms with Gasteiger partial charge in [-0.1, -0.05) is 32.4 Å². The van der Waals surface area contributed by atoms with E-state index in [1.807, 2.05) is 7.05 Å². The van der Waals surface area contributed by atoms with E-state index in [2.05, 4.69) is 31.2 Å². The second-order valence-corrected chi connectivity index (χ2v) is 4.47. The first kappa shape index (κ1) is 15.8. The molecule has 3 nitrogen and oxygen atoms in total. The molecule has 0 aliphatic rings. The van der Waals surface area contributed by atoms with Gasteiger partial charge in [0.05, 0.1) is 5.69 Å². The predicted octanol–water partition coefficient (Wildman–Crippen LogP) is 3.12. The number of rotatable bonds is 5. The second kappa shape index (κ2) is 7.15.